The van der Waals surface area contributed by atoms with Gasteiger partial charge in [0.25, 0.3) is 5.91 Å². The molecule has 9 nitrogen and oxygen atoms in total. The topological polar surface area (TPSA) is 154 Å². The Morgan fingerprint density at radius 2 is 1.82 bits per heavy atom. The van der Waals surface area contributed by atoms with Gasteiger partial charge in [-0.2, -0.15) is 0 Å². The van der Waals surface area contributed by atoms with E-state index in [0.717, 1.165) is 0 Å². The van der Waals surface area contributed by atoms with Crippen LogP contribution in [0.2, 0.25) is 0 Å². The van der Waals surface area contributed by atoms with Crippen LogP contribution in [0.25, 0.3) is 0 Å². The second-order valence-corrected chi connectivity index (χ2v) is 4.87. The Hall–Kier alpha value is -1.75. The molecule has 1 unspecified atom stereocenters. The number of amides is 1. The first kappa shape index (κ1) is 16.6. The van der Waals surface area contributed by atoms with Crippen molar-refractivity contribution in [3.8, 4) is 0 Å². The Balaban J connectivity index is 1.95. The summed E-state index contributed by atoms with van der Waals surface area (Å²) < 4.78 is 5.07. The van der Waals surface area contributed by atoms with Gasteiger partial charge >= 0.3 is 0 Å². The normalized spacial score (nSPS) is 31.7. The maximum Gasteiger partial charge on any atom is 0.274 e. The monoisotopic (exact) mass is 314 g/mol. The Morgan fingerprint density at radius 3 is 2.41 bits per heavy atom. The van der Waals surface area contributed by atoms with Crippen LogP contribution in [0.3, 0.4) is 0 Å². The van der Waals surface area contributed by atoms with Gasteiger partial charge in [-0.15, -0.1) is 0 Å². The van der Waals surface area contributed by atoms with Crippen LogP contribution in [0, 0.1) is 0 Å². The maximum absolute atomic E-state index is 11.8. The van der Waals surface area contributed by atoms with Crippen LogP contribution in [-0.4, -0.2) is 63.6 Å². The van der Waals surface area contributed by atoms with Crippen molar-refractivity contribution in [2.75, 3.05) is 12.3 Å². The number of hydroxylamine groups is 1. The molecule has 0 aliphatic carbocycles. The van der Waals surface area contributed by atoms with Gasteiger partial charge in [0, 0.05) is 11.3 Å². The lowest BCUT2D eigenvalue weighted by Gasteiger charge is -2.39. The van der Waals surface area contributed by atoms with E-state index in [9.17, 15) is 20.1 Å². The van der Waals surface area contributed by atoms with Crippen molar-refractivity contribution in [1.82, 2.24) is 5.48 Å². The molecule has 1 aromatic rings. The van der Waals surface area contributed by atoms with Crippen LogP contribution < -0.4 is 11.2 Å². The van der Waals surface area contributed by atoms with Crippen molar-refractivity contribution < 1.29 is 34.8 Å². The van der Waals surface area contributed by atoms with Crippen molar-refractivity contribution in [2.45, 2.75) is 30.7 Å². The first-order valence-electron chi connectivity index (χ1n) is 6.56. The molecule has 1 fully saturated rings. The molecule has 1 saturated heterocycles. The third-order valence-corrected chi connectivity index (χ3v) is 3.29. The minimum atomic E-state index is -1.59. The number of benzene rings is 1. The lowest BCUT2D eigenvalue weighted by atomic mass is 9.99. The molecule has 2 rings (SSSR count). The van der Waals surface area contributed by atoms with Crippen LogP contribution in [-0.2, 0) is 9.57 Å². The van der Waals surface area contributed by atoms with Crippen LogP contribution in [0.1, 0.15) is 10.4 Å². The molecule has 1 heterocycles. The van der Waals surface area contributed by atoms with E-state index in [2.05, 4.69) is 5.48 Å². The summed E-state index contributed by atoms with van der Waals surface area (Å²) in [6.45, 7) is -0.587. The number of ether oxygens (including phenoxy) is 1. The maximum atomic E-state index is 11.8. The zero-order chi connectivity index (χ0) is 16.3. The van der Waals surface area contributed by atoms with Crippen molar-refractivity contribution in [3.63, 3.8) is 0 Å². The lowest BCUT2D eigenvalue weighted by Crippen LogP contribution is -2.60. The third-order valence-electron chi connectivity index (χ3n) is 3.29. The summed E-state index contributed by atoms with van der Waals surface area (Å²) >= 11 is 0. The van der Waals surface area contributed by atoms with E-state index in [1.807, 2.05) is 0 Å². The van der Waals surface area contributed by atoms with E-state index in [4.69, 9.17) is 20.4 Å². The molecule has 1 aromatic carbocycles. The molecule has 9 heteroatoms. The highest BCUT2D eigenvalue weighted by Gasteiger charge is 2.44. The molecule has 5 atom stereocenters. The number of rotatable bonds is 4. The van der Waals surface area contributed by atoms with Crippen LogP contribution in [0.4, 0.5) is 5.69 Å². The highest BCUT2D eigenvalue weighted by atomic mass is 16.8. The molecule has 0 saturated carbocycles. The first-order chi connectivity index (χ1) is 10.4. The molecule has 1 amide bonds. The second kappa shape index (κ2) is 7.01. The lowest BCUT2D eigenvalue weighted by molar-refractivity contribution is -0.311. The van der Waals surface area contributed by atoms with E-state index in [1.54, 1.807) is 0 Å². The summed E-state index contributed by atoms with van der Waals surface area (Å²) in [7, 11) is 0. The third kappa shape index (κ3) is 3.53. The van der Waals surface area contributed by atoms with Gasteiger partial charge in [0.15, 0.2) is 0 Å². The molecule has 7 N–H and O–H groups in total. The number of nitrogens with one attached hydrogen (secondary N) is 1. The van der Waals surface area contributed by atoms with Gasteiger partial charge in [-0.1, -0.05) is 0 Å². The summed E-state index contributed by atoms with van der Waals surface area (Å²) in [5, 5.41) is 38.0. The van der Waals surface area contributed by atoms with Crippen molar-refractivity contribution in [1.29, 1.82) is 0 Å². The van der Waals surface area contributed by atoms with Crippen LogP contribution in [0.15, 0.2) is 24.3 Å². The number of nitrogens with two attached hydrogens (primary N) is 1. The number of nitrogen functional groups attached to an aromatic ring is 1. The quantitative estimate of drug-likeness (QED) is 0.268. The van der Waals surface area contributed by atoms with E-state index in [1.165, 1.54) is 24.3 Å². The number of hydrogen-bond acceptors (Lipinski definition) is 8. The number of aliphatic hydroxyl groups is 4. The molecule has 22 heavy (non-hydrogen) atoms. The first-order valence-corrected chi connectivity index (χ1v) is 6.56. The van der Waals surface area contributed by atoms with Crippen molar-refractivity contribution >= 4 is 11.6 Å². The van der Waals surface area contributed by atoms with E-state index in [0.29, 0.717) is 5.69 Å². The predicted octanol–water partition coefficient (Wildman–Crippen LogP) is -2.27. The van der Waals surface area contributed by atoms with E-state index < -0.39 is 43.2 Å². The minimum absolute atomic E-state index is 0.263. The van der Waals surface area contributed by atoms with Crippen LogP contribution in [0.5, 0.6) is 0 Å². The molecule has 1 aliphatic rings. The average Bonchev–Trinajstić information content (AvgIpc) is 2.52. The summed E-state index contributed by atoms with van der Waals surface area (Å²) in [5.74, 6) is -0.614. The van der Waals surface area contributed by atoms with Gasteiger partial charge in [-0.05, 0) is 24.3 Å². The minimum Gasteiger partial charge on any atom is -0.399 e. The standard InChI is InChI=1S/C13H18N2O7/c14-7-3-1-6(2-4-7)12(20)15-22-13-11(19)10(18)9(17)8(5-16)21-13/h1-4,8-11,13,16-19H,5,14H2,(H,15,20)/t8-,9-,10+,11+,13?/m1/s1. The average molecular weight is 314 g/mol. The molecule has 0 bridgehead atoms. The Bertz CT molecular complexity index is 508. The fourth-order valence-corrected chi connectivity index (χ4v) is 1.97. The van der Waals surface area contributed by atoms with Gasteiger partial charge in [-0.25, -0.2) is 10.3 Å². The van der Waals surface area contributed by atoms with Crippen molar-refractivity contribution in [3.05, 3.63) is 29.8 Å². The fourth-order valence-electron chi connectivity index (χ4n) is 1.97. The predicted molar refractivity (Wildman–Crippen MR) is 73.2 cm³/mol. The van der Waals surface area contributed by atoms with E-state index >= 15 is 0 Å². The Morgan fingerprint density at radius 1 is 1.18 bits per heavy atom. The summed E-state index contributed by atoms with van der Waals surface area (Å²) in [5.41, 5.74) is 8.32. The van der Waals surface area contributed by atoms with Gasteiger partial charge in [0.05, 0.1) is 6.61 Å². The molecule has 1 aliphatic heterocycles. The molecular formula is C13H18N2O7. The highest BCUT2D eigenvalue weighted by Crippen LogP contribution is 2.21. The molecule has 0 spiro atoms. The van der Waals surface area contributed by atoms with Gasteiger partial charge in [0.1, 0.15) is 24.4 Å². The number of hydrogen-bond donors (Lipinski definition) is 6. The molecule has 0 radical (unpaired) electrons. The molecular weight excluding hydrogens is 296 g/mol. The summed E-state index contributed by atoms with van der Waals surface area (Å²) in [4.78, 5) is 16.7. The van der Waals surface area contributed by atoms with Crippen LogP contribution >= 0.6 is 0 Å². The summed E-state index contributed by atoms with van der Waals surface area (Å²) in [6, 6.07) is 6.01. The van der Waals surface area contributed by atoms with Crippen molar-refractivity contribution in [2.24, 2.45) is 0 Å². The number of aliphatic hydroxyl groups excluding tert-OH is 4. The Labute approximate surface area is 125 Å². The fraction of sp³-hybridized carbons (Fsp3) is 0.462. The molecule has 0 aromatic heterocycles. The number of carbonyl (C=O) groups is 1. The smallest absolute Gasteiger partial charge is 0.274 e. The zero-order valence-electron chi connectivity index (χ0n) is 11.5. The highest BCUT2D eigenvalue weighted by molar-refractivity contribution is 5.93. The number of anilines is 1. The van der Waals surface area contributed by atoms with Gasteiger partial charge in [0.2, 0.25) is 6.29 Å². The largest absolute Gasteiger partial charge is 0.399 e. The SMILES string of the molecule is Nc1ccc(C(=O)NOC2O[C@H](CO)[C@@H](O)[C@H](O)[C@@H]2O)cc1. The van der Waals surface area contributed by atoms with E-state index in [-0.39, 0.29) is 5.56 Å². The zero-order valence-corrected chi connectivity index (χ0v) is 11.5. The van der Waals surface area contributed by atoms with Gasteiger partial charge < -0.3 is 30.9 Å². The summed E-state index contributed by atoms with van der Waals surface area (Å²) in [6.07, 6.45) is -7.22. The molecule has 122 valence electrons. The number of carbonyl (C=O) groups excluding carboxylic acids is 1. The second-order valence-electron chi connectivity index (χ2n) is 4.87. The Kier molecular flexibility index (Phi) is 5.29. The van der Waals surface area contributed by atoms with Gasteiger partial charge in [-0.3, -0.25) is 4.79 Å².